The lowest BCUT2D eigenvalue weighted by Gasteiger charge is -2.13. The van der Waals surface area contributed by atoms with Crippen LogP contribution in [-0.4, -0.2) is 18.8 Å². The molecule has 0 aliphatic rings. The van der Waals surface area contributed by atoms with Gasteiger partial charge in [-0.25, -0.2) is 4.39 Å². The first kappa shape index (κ1) is 12.2. The summed E-state index contributed by atoms with van der Waals surface area (Å²) in [5.74, 6) is -0.537. The first-order valence-electron chi connectivity index (χ1n) is 4.49. The molecule has 0 spiro atoms. The van der Waals surface area contributed by atoms with Gasteiger partial charge < -0.3 is 15.6 Å². The van der Waals surface area contributed by atoms with E-state index in [1.165, 1.54) is 13.2 Å². The molecule has 3 N–H and O–H groups in total. The third-order valence-corrected chi connectivity index (χ3v) is 2.37. The largest absolute Gasteiger partial charge is 0.492 e. The number of rotatable bonds is 4. The van der Waals surface area contributed by atoms with E-state index in [0.29, 0.717) is 12.0 Å². The summed E-state index contributed by atoms with van der Waals surface area (Å²) in [5.41, 5.74) is 6.26. The van der Waals surface area contributed by atoms with Crippen LogP contribution in [0.2, 0.25) is 5.02 Å². The van der Waals surface area contributed by atoms with Crippen LogP contribution in [0.1, 0.15) is 18.0 Å². The highest BCUT2D eigenvalue weighted by Crippen LogP contribution is 2.31. The minimum atomic E-state index is -0.548. The molecule has 15 heavy (non-hydrogen) atoms. The van der Waals surface area contributed by atoms with Crippen LogP contribution in [0.3, 0.4) is 0 Å². The highest BCUT2D eigenvalue weighted by atomic mass is 35.5. The molecule has 84 valence electrons. The normalized spacial score (nSPS) is 12.6. The van der Waals surface area contributed by atoms with Gasteiger partial charge in [-0.05, 0) is 24.1 Å². The molecule has 1 rings (SSSR count). The quantitative estimate of drug-likeness (QED) is 0.835. The fourth-order valence-corrected chi connectivity index (χ4v) is 1.59. The Balaban J connectivity index is 3.02. The number of benzene rings is 1. The third kappa shape index (κ3) is 2.81. The fraction of sp³-hybridized carbons (Fsp3) is 0.400. The standard InChI is InChI=1S/C10H13ClFNO2/c1-15-10-7(11)4-6(5-8(10)12)9(13)2-3-14/h4-5,9,14H,2-3,13H2,1H3. The van der Waals surface area contributed by atoms with E-state index in [0.717, 1.165) is 0 Å². The smallest absolute Gasteiger partial charge is 0.173 e. The zero-order valence-electron chi connectivity index (χ0n) is 8.34. The van der Waals surface area contributed by atoms with Crippen molar-refractivity contribution < 1.29 is 14.2 Å². The molecule has 0 fully saturated rings. The van der Waals surface area contributed by atoms with E-state index >= 15 is 0 Å². The summed E-state index contributed by atoms with van der Waals surface area (Å²) in [6.07, 6.45) is 0.363. The Kier molecular flexibility index (Phi) is 4.32. The molecule has 0 heterocycles. The lowest BCUT2D eigenvalue weighted by Crippen LogP contribution is -2.12. The summed E-state index contributed by atoms with van der Waals surface area (Å²) in [4.78, 5) is 0. The summed E-state index contributed by atoms with van der Waals surface area (Å²) < 4.78 is 18.2. The maximum Gasteiger partial charge on any atom is 0.173 e. The molecule has 1 atom stereocenters. The van der Waals surface area contributed by atoms with E-state index in [1.807, 2.05) is 0 Å². The van der Waals surface area contributed by atoms with Gasteiger partial charge in [0, 0.05) is 12.6 Å². The van der Waals surface area contributed by atoms with Crippen LogP contribution in [0, 0.1) is 5.82 Å². The summed E-state index contributed by atoms with van der Waals surface area (Å²) in [5, 5.41) is 8.89. The molecule has 0 saturated carbocycles. The number of ether oxygens (including phenoxy) is 1. The van der Waals surface area contributed by atoms with Gasteiger partial charge in [0.05, 0.1) is 12.1 Å². The summed E-state index contributed by atoms with van der Waals surface area (Å²) >= 11 is 5.80. The average Bonchev–Trinajstić information content (AvgIpc) is 2.17. The second kappa shape index (κ2) is 5.30. The van der Waals surface area contributed by atoms with E-state index in [1.54, 1.807) is 6.07 Å². The summed E-state index contributed by atoms with van der Waals surface area (Å²) in [7, 11) is 1.34. The minimum absolute atomic E-state index is 0.0108. The molecule has 0 aromatic heterocycles. The molecule has 1 aromatic carbocycles. The maximum absolute atomic E-state index is 13.4. The number of nitrogens with two attached hydrogens (primary N) is 1. The lowest BCUT2D eigenvalue weighted by atomic mass is 10.0. The zero-order chi connectivity index (χ0) is 11.4. The van der Waals surface area contributed by atoms with E-state index in [4.69, 9.17) is 27.2 Å². The van der Waals surface area contributed by atoms with E-state index in [9.17, 15) is 4.39 Å². The number of halogens is 2. The number of methoxy groups -OCH3 is 1. The molecule has 3 nitrogen and oxygen atoms in total. The molecule has 0 radical (unpaired) electrons. The number of hydrogen-bond acceptors (Lipinski definition) is 3. The second-order valence-electron chi connectivity index (χ2n) is 3.14. The highest BCUT2D eigenvalue weighted by molar-refractivity contribution is 6.32. The molecule has 0 aliphatic heterocycles. The van der Waals surface area contributed by atoms with Gasteiger partial charge in [0.15, 0.2) is 11.6 Å². The Morgan fingerprint density at radius 3 is 2.73 bits per heavy atom. The minimum Gasteiger partial charge on any atom is -0.492 e. The van der Waals surface area contributed by atoms with Gasteiger partial charge in [0.1, 0.15) is 0 Å². The van der Waals surface area contributed by atoms with Crippen molar-refractivity contribution in [1.82, 2.24) is 0 Å². The van der Waals surface area contributed by atoms with Crippen LogP contribution in [-0.2, 0) is 0 Å². The van der Waals surface area contributed by atoms with Crippen molar-refractivity contribution in [2.24, 2.45) is 5.73 Å². The van der Waals surface area contributed by atoms with Gasteiger partial charge in [-0.3, -0.25) is 0 Å². The van der Waals surface area contributed by atoms with Crippen LogP contribution < -0.4 is 10.5 Å². The third-order valence-electron chi connectivity index (χ3n) is 2.09. The zero-order valence-corrected chi connectivity index (χ0v) is 9.09. The SMILES string of the molecule is COc1c(F)cc(C(N)CCO)cc1Cl. The molecule has 0 bridgehead atoms. The van der Waals surface area contributed by atoms with Crippen molar-refractivity contribution >= 4 is 11.6 Å². The lowest BCUT2D eigenvalue weighted by molar-refractivity contribution is 0.276. The van der Waals surface area contributed by atoms with Crippen LogP contribution in [0.4, 0.5) is 4.39 Å². The highest BCUT2D eigenvalue weighted by Gasteiger charge is 2.13. The molecule has 1 aromatic rings. The number of aliphatic hydroxyl groups excluding tert-OH is 1. The predicted molar refractivity (Wildman–Crippen MR) is 56.6 cm³/mol. The second-order valence-corrected chi connectivity index (χ2v) is 3.54. The van der Waals surface area contributed by atoms with Gasteiger partial charge in [-0.2, -0.15) is 0 Å². The molecule has 0 aliphatic carbocycles. The monoisotopic (exact) mass is 233 g/mol. The van der Waals surface area contributed by atoms with Crippen LogP contribution >= 0.6 is 11.6 Å². The predicted octanol–water partition coefficient (Wildman–Crippen LogP) is 1.87. The Labute approximate surface area is 92.6 Å². The van der Waals surface area contributed by atoms with E-state index in [-0.39, 0.29) is 17.4 Å². The fourth-order valence-electron chi connectivity index (χ4n) is 1.29. The number of hydrogen-bond donors (Lipinski definition) is 2. The van der Waals surface area contributed by atoms with Gasteiger partial charge in [-0.15, -0.1) is 0 Å². The Morgan fingerprint density at radius 2 is 2.27 bits per heavy atom. The maximum atomic E-state index is 13.4. The van der Waals surface area contributed by atoms with Crippen LogP contribution in [0.15, 0.2) is 12.1 Å². The van der Waals surface area contributed by atoms with E-state index < -0.39 is 11.9 Å². The van der Waals surface area contributed by atoms with Gasteiger partial charge in [0.2, 0.25) is 0 Å². The molecule has 5 heteroatoms. The molecule has 0 amide bonds. The Bertz CT molecular complexity index is 323. The Morgan fingerprint density at radius 1 is 1.60 bits per heavy atom. The van der Waals surface area contributed by atoms with Crippen molar-refractivity contribution in [3.8, 4) is 5.75 Å². The van der Waals surface area contributed by atoms with Gasteiger partial charge in [0.25, 0.3) is 0 Å². The number of aliphatic hydroxyl groups is 1. The molecule has 0 saturated heterocycles. The van der Waals surface area contributed by atoms with Crippen LogP contribution in [0.5, 0.6) is 5.75 Å². The van der Waals surface area contributed by atoms with Crippen molar-refractivity contribution in [2.45, 2.75) is 12.5 Å². The summed E-state index contributed by atoms with van der Waals surface area (Å²) in [6.45, 7) is -0.0492. The molecule has 1 unspecified atom stereocenters. The van der Waals surface area contributed by atoms with Gasteiger partial charge >= 0.3 is 0 Å². The topological polar surface area (TPSA) is 55.5 Å². The summed E-state index contributed by atoms with van der Waals surface area (Å²) in [6, 6.07) is 2.39. The first-order valence-corrected chi connectivity index (χ1v) is 4.87. The average molecular weight is 234 g/mol. The molecular formula is C10H13ClFNO2. The van der Waals surface area contributed by atoms with Gasteiger partial charge in [-0.1, -0.05) is 11.6 Å². The van der Waals surface area contributed by atoms with Crippen LogP contribution in [0.25, 0.3) is 0 Å². The van der Waals surface area contributed by atoms with Crippen molar-refractivity contribution in [1.29, 1.82) is 0 Å². The van der Waals surface area contributed by atoms with E-state index in [2.05, 4.69) is 0 Å². The van der Waals surface area contributed by atoms with Crippen molar-refractivity contribution in [2.75, 3.05) is 13.7 Å². The first-order chi connectivity index (χ1) is 7.10. The Hall–Kier alpha value is -0.840. The van der Waals surface area contributed by atoms with Crippen molar-refractivity contribution in [3.63, 3.8) is 0 Å². The molecular weight excluding hydrogens is 221 g/mol. The van der Waals surface area contributed by atoms with Crippen molar-refractivity contribution in [3.05, 3.63) is 28.5 Å².